The molecule has 0 aliphatic heterocycles. The van der Waals surface area contributed by atoms with E-state index in [1.165, 1.54) is 0 Å². The first-order valence-electron chi connectivity index (χ1n) is 4.72. The second-order valence-electron chi connectivity index (χ2n) is 3.18. The molecule has 0 radical (unpaired) electrons. The van der Waals surface area contributed by atoms with Gasteiger partial charge in [0, 0.05) is 16.3 Å². The maximum atomic E-state index is 9.65. The van der Waals surface area contributed by atoms with Crippen LogP contribution in [0.3, 0.4) is 0 Å². The number of phenolic OH excluding ortho intramolecular Hbond substituents is 1. The van der Waals surface area contributed by atoms with Gasteiger partial charge >= 0.3 is 0 Å². The molecule has 0 saturated heterocycles. The number of hydrogen-bond donors (Lipinski definition) is 2. The van der Waals surface area contributed by atoms with Crippen molar-refractivity contribution in [3.63, 3.8) is 0 Å². The van der Waals surface area contributed by atoms with E-state index in [0.29, 0.717) is 6.54 Å². The fourth-order valence-electron chi connectivity index (χ4n) is 1.54. The van der Waals surface area contributed by atoms with Gasteiger partial charge in [0.05, 0.1) is 6.54 Å². The van der Waals surface area contributed by atoms with Crippen LogP contribution in [0.2, 0.25) is 0 Å². The molecule has 3 N–H and O–H groups in total. The van der Waals surface area contributed by atoms with E-state index in [0.717, 1.165) is 16.3 Å². The maximum Gasteiger partial charge on any atom is 0.123 e. The normalized spacial score (nSPS) is 9.67. The van der Waals surface area contributed by atoms with Crippen LogP contribution in [0.25, 0.3) is 10.8 Å². The molecule has 0 bridgehead atoms. The van der Waals surface area contributed by atoms with Gasteiger partial charge in [0.25, 0.3) is 0 Å². The van der Waals surface area contributed by atoms with Gasteiger partial charge in [-0.15, -0.1) is 0 Å². The third kappa shape index (κ3) is 1.78. The molecule has 2 aromatic carbocycles. The van der Waals surface area contributed by atoms with Crippen molar-refractivity contribution in [3.8, 4) is 17.6 Å². The number of rotatable bonds is 0. The number of nitrogens with two attached hydrogens (primary N) is 1. The monoisotopic (exact) mass is 197 g/mol. The molecule has 2 aromatic rings. The fourth-order valence-corrected chi connectivity index (χ4v) is 1.54. The largest absolute Gasteiger partial charge is 0.507 e. The Kier molecular flexibility index (Phi) is 2.57. The summed E-state index contributed by atoms with van der Waals surface area (Å²) in [6.45, 7) is 0.342. The van der Waals surface area contributed by atoms with Crippen molar-refractivity contribution >= 4 is 10.8 Å². The summed E-state index contributed by atoms with van der Waals surface area (Å²) in [6.07, 6.45) is 0. The van der Waals surface area contributed by atoms with Crippen molar-refractivity contribution in [1.29, 1.82) is 0 Å². The Morgan fingerprint density at radius 1 is 1.07 bits per heavy atom. The summed E-state index contributed by atoms with van der Waals surface area (Å²) < 4.78 is 0. The molecule has 0 heterocycles. The highest BCUT2D eigenvalue weighted by molar-refractivity contribution is 5.92. The highest BCUT2D eigenvalue weighted by Crippen LogP contribution is 2.26. The summed E-state index contributed by atoms with van der Waals surface area (Å²) in [4.78, 5) is 0. The third-order valence-electron chi connectivity index (χ3n) is 2.23. The lowest BCUT2D eigenvalue weighted by atomic mass is 10.0. The molecule has 0 spiro atoms. The van der Waals surface area contributed by atoms with E-state index in [-0.39, 0.29) is 5.75 Å². The molecule has 0 aliphatic carbocycles. The quantitative estimate of drug-likeness (QED) is 0.633. The highest BCUT2D eigenvalue weighted by atomic mass is 16.3. The van der Waals surface area contributed by atoms with E-state index in [1.54, 1.807) is 12.1 Å². The van der Waals surface area contributed by atoms with E-state index in [1.807, 2.05) is 24.3 Å². The van der Waals surface area contributed by atoms with Crippen molar-refractivity contribution in [2.24, 2.45) is 5.73 Å². The zero-order valence-electron chi connectivity index (χ0n) is 8.20. The molecule has 15 heavy (non-hydrogen) atoms. The molecular weight excluding hydrogens is 186 g/mol. The second kappa shape index (κ2) is 4.04. The summed E-state index contributed by atoms with van der Waals surface area (Å²) >= 11 is 0. The molecule has 0 fully saturated rings. The Bertz CT molecular complexity index is 549. The Morgan fingerprint density at radius 2 is 1.80 bits per heavy atom. The van der Waals surface area contributed by atoms with E-state index in [4.69, 9.17) is 5.73 Å². The van der Waals surface area contributed by atoms with Gasteiger partial charge in [-0.05, 0) is 12.1 Å². The number of aromatic hydroxyl groups is 1. The van der Waals surface area contributed by atoms with E-state index >= 15 is 0 Å². The van der Waals surface area contributed by atoms with Crippen LogP contribution >= 0.6 is 0 Å². The molecule has 0 saturated carbocycles. The average molecular weight is 197 g/mol. The first-order chi connectivity index (χ1) is 7.33. The summed E-state index contributed by atoms with van der Waals surface area (Å²) in [5.74, 6) is 6.08. The Labute approximate surface area is 88.3 Å². The molecule has 0 unspecified atom stereocenters. The molecule has 2 nitrogen and oxygen atoms in total. The molecule has 74 valence electrons. The summed E-state index contributed by atoms with van der Waals surface area (Å²) in [7, 11) is 0. The van der Waals surface area contributed by atoms with E-state index < -0.39 is 0 Å². The highest BCUT2D eigenvalue weighted by Gasteiger charge is 2.01. The molecule has 2 heteroatoms. The van der Waals surface area contributed by atoms with Gasteiger partial charge < -0.3 is 10.8 Å². The zero-order chi connectivity index (χ0) is 10.7. The van der Waals surface area contributed by atoms with Crippen LogP contribution < -0.4 is 5.73 Å². The minimum absolute atomic E-state index is 0.281. The predicted octanol–water partition coefficient (Wildman–Crippen LogP) is 1.86. The number of phenols is 1. The van der Waals surface area contributed by atoms with E-state index in [2.05, 4.69) is 11.8 Å². The number of fused-ring (bicyclic) bond motifs is 1. The van der Waals surface area contributed by atoms with Crippen molar-refractivity contribution < 1.29 is 5.11 Å². The van der Waals surface area contributed by atoms with Crippen LogP contribution in [0, 0.1) is 11.8 Å². The van der Waals surface area contributed by atoms with Gasteiger partial charge in [0.2, 0.25) is 0 Å². The Balaban J connectivity index is 2.72. The second-order valence-corrected chi connectivity index (χ2v) is 3.18. The van der Waals surface area contributed by atoms with Crippen molar-refractivity contribution in [2.45, 2.75) is 0 Å². The van der Waals surface area contributed by atoms with Gasteiger partial charge in [-0.25, -0.2) is 0 Å². The van der Waals surface area contributed by atoms with Gasteiger partial charge in [-0.3, -0.25) is 0 Å². The van der Waals surface area contributed by atoms with Crippen molar-refractivity contribution in [2.75, 3.05) is 6.54 Å². The van der Waals surface area contributed by atoms with Crippen LogP contribution in [0.1, 0.15) is 5.56 Å². The van der Waals surface area contributed by atoms with Gasteiger partial charge in [-0.1, -0.05) is 36.1 Å². The van der Waals surface area contributed by atoms with Crippen LogP contribution in [-0.2, 0) is 0 Å². The van der Waals surface area contributed by atoms with Crippen LogP contribution in [0.5, 0.6) is 5.75 Å². The number of benzene rings is 2. The standard InChI is InChI=1S/C13H11NO/c14-9-3-4-10-7-8-13(15)12-6-2-1-5-11(10)12/h1-2,5-8,15H,9,14H2. The van der Waals surface area contributed by atoms with Crippen LogP contribution in [0.4, 0.5) is 0 Å². The summed E-state index contributed by atoms with van der Waals surface area (Å²) in [5, 5.41) is 11.4. The molecule has 0 aromatic heterocycles. The molecule has 0 aliphatic rings. The van der Waals surface area contributed by atoms with Gasteiger partial charge in [0.15, 0.2) is 0 Å². The minimum atomic E-state index is 0.281. The smallest absolute Gasteiger partial charge is 0.123 e. The topological polar surface area (TPSA) is 46.2 Å². The average Bonchev–Trinajstić information content (AvgIpc) is 2.29. The lowest BCUT2D eigenvalue weighted by Crippen LogP contribution is -1.93. The number of hydrogen-bond acceptors (Lipinski definition) is 2. The summed E-state index contributed by atoms with van der Waals surface area (Å²) in [5.41, 5.74) is 6.22. The third-order valence-corrected chi connectivity index (χ3v) is 2.23. The lowest BCUT2D eigenvalue weighted by molar-refractivity contribution is 0.481. The van der Waals surface area contributed by atoms with E-state index in [9.17, 15) is 5.11 Å². The fraction of sp³-hybridized carbons (Fsp3) is 0.0769. The zero-order valence-corrected chi connectivity index (χ0v) is 8.20. The van der Waals surface area contributed by atoms with Crippen LogP contribution in [0.15, 0.2) is 36.4 Å². The maximum absolute atomic E-state index is 9.65. The lowest BCUT2D eigenvalue weighted by Gasteiger charge is -2.02. The van der Waals surface area contributed by atoms with Gasteiger partial charge in [0.1, 0.15) is 5.75 Å². The molecule has 2 rings (SSSR count). The predicted molar refractivity (Wildman–Crippen MR) is 61.5 cm³/mol. The summed E-state index contributed by atoms with van der Waals surface area (Å²) in [6, 6.07) is 11.1. The molecule has 0 atom stereocenters. The van der Waals surface area contributed by atoms with Crippen LogP contribution in [-0.4, -0.2) is 11.7 Å². The Hall–Kier alpha value is -1.98. The first-order valence-corrected chi connectivity index (χ1v) is 4.72. The van der Waals surface area contributed by atoms with Crippen molar-refractivity contribution in [1.82, 2.24) is 0 Å². The van der Waals surface area contributed by atoms with Crippen molar-refractivity contribution in [3.05, 3.63) is 42.0 Å². The SMILES string of the molecule is NCC#Cc1ccc(O)c2ccccc12. The molecular formula is C13H11NO. The minimum Gasteiger partial charge on any atom is -0.507 e. The molecule has 0 amide bonds. The van der Waals surface area contributed by atoms with Gasteiger partial charge in [-0.2, -0.15) is 0 Å². The first kappa shape index (κ1) is 9.57. The Morgan fingerprint density at radius 3 is 2.53 bits per heavy atom.